The van der Waals surface area contributed by atoms with E-state index >= 15 is 0 Å². The molecule has 9 heteroatoms. The molecule has 7 rings (SSSR count). The minimum atomic E-state index is 0.611. The number of H-pyrrole nitrogens is 2. The summed E-state index contributed by atoms with van der Waals surface area (Å²) >= 11 is 0. The summed E-state index contributed by atoms with van der Waals surface area (Å²) in [5, 5.41) is 7.61. The molecule has 0 bridgehead atoms. The topological polar surface area (TPSA) is 112 Å². The first-order valence-electron chi connectivity index (χ1n) is 11.7. The zero-order valence-electron chi connectivity index (χ0n) is 18.9. The van der Waals surface area contributed by atoms with Crippen molar-refractivity contribution in [2.75, 3.05) is 13.1 Å². The lowest BCUT2D eigenvalue weighted by molar-refractivity contribution is 0.331. The molecule has 0 aliphatic carbocycles. The highest BCUT2D eigenvalue weighted by Crippen LogP contribution is 2.31. The van der Waals surface area contributed by atoms with Gasteiger partial charge in [-0.25, -0.2) is 15.0 Å². The fourth-order valence-electron chi connectivity index (χ4n) is 4.81. The summed E-state index contributed by atoms with van der Waals surface area (Å²) in [6.07, 6.45) is 11.5. The van der Waals surface area contributed by atoms with Gasteiger partial charge in [-0.3, -0.25) is 15.0 Å². The third-order valence-corrected chi connectivity index (χ3v) is 6.54. The number of furan rings is 1. The molecule has 1 aliphatic heterocycles. The normalized spacial score (nSPS) is 14.4. The van der Waals surface area contributed by atoms with Crippen LogP contribution in [0.4, 0.5) is 0 Å². The Bertz CT molecular complexity index is 1640. The summed E-state index contributed by atoms with van der Waals surface area (Å²) in [7, 11) is 0. The van der Waals surface area contributed by atoms with Gasteiger partial charge in [0.1, 0.15) is 11.0 Å². The Labute approximate surface area is 200 Å². The molecule has 6 aromatic heterocycles. The van der Waals surface area contributed by atoms with Crippen molar-refractivity contribution in [2.24, 2.45) is 0 Å². The van der Waals surface area contributed by atoms with Gasteiger partial charge in [-0.15, -0.1) is 0 Å². The summed E-state index contributed by atoms with van der Waals surface area (Å²) < 4.78 is 5.26. The van der Waals surface area contributed by atoms with Crippen LogP contribution in [0.5, 0.6) is 0 Å². The van der Waals surface area contributed by atoms with E-state index in [2.05, 4.69) is 36.1 Å². The number of aromatic amines is 2. The van der Waals surface area contributed by atoms with Crippen molar-refractivity contribution in [3.05, 3.63) is 67.0 Å². The van der Waals surface area contributed by atoms with Gasteiger partial charge in [-0.1, -0.05) is 0 Å². The summed E-state index contributed by atoms with van der Waals surface area (Å²) in [6, 6.07) is 10.0. The molecule has 35 heavy (non-hydrogen) atoms. The van der Waals surface area contributed by atoms with Crippen molar-refractivity contribution >= 4 is 22.2 Å². The van der Waals surface area contributed by atoms with E-state index in [1.807, 2.05) is 36.7 Å². The first-order valence-corrected chi connectivity index (χ1v) is 11.7. The number of fused-ring (bicyclic) bond motifs is 2. The predicted molar refractivity (Wildman–Crippen MR) is 132 cm³/mol. The monoisotopic (exact) mass is 462 g/mol. The number of nitrogens with one attached hydrogen (secondary N) is 2. The third-order valence-electron chi connectivity index (χ3n) is 6.54. The van der Waals surface area contributed by atoms with Gasteiger partial charge in [0, 0.05) is 41.8 Å². The minimum Gasteiger partial charge on any atom is -0.472 e. The van der Waals surface area contributed by atoms with Crippen LogP contribution in [0.2, 0.25) is 0 Å². The summed E-state index contributed by atoms with van der Waals surface area (Å²) in [5.41, 5.74) is 8.62. The zero-order valence-corrected chi connectivity index (χ0v) is 18.9. The molecule has 0 saturated carbocycles. The van der Waals surface area contributed by atoms with Crippen LogP contribution in [0.1, 0.15) is 18.4 Å². The van der Waals surface area contributed by atoms with E-state index in [0.717, 1.165) is 58.6 Å². The molecule has 2 N–H and O–H groups in total. The van der Waals surface area contributed by atoms with Gasteiger partial charge in [-0.05, 0) is 61.8 Å². The fourth-order valence-corrected chi connectivity index (χ4v) is 4.81. The average molecular weight is 463 g/mol. The Hall–Kier alpha value is -4.37. The van der Waals surface area contributed by atoms with Gasteiger partial charge in [0.25, 0.3) is 0 Å². The molecule has 172 valence electrons. The Morgan fingerprint density at radius 1 is 0.971 bits per heavy atom. The standard InChI is InChI=1S/C26H22N8O/c1-2-9-34(8-1)14-16-11-18(13-27-12-16)20-3-4-21-23(29-20)24(33-32-21)26-30-22-19(17-6-10-35-15-17)5-7-28-25(22)31-26/h3-7,10-13,15H,1-2,8-9,14H2,(H,32,33)(H,28,30,31). The van der Waals surface area contributed by atoms with Crippen molar-refractivity contribution in [2.45, 2.75) is 19.4 Å². The molecule has 1 aliphatic rings. The predicted octanol–water partition coefficient (Wildman–Crippen LogP) is 4.81. The Balaban J connectivity index is 1.28. The zero-order chi connectivity index (χ0) is 23.2. The molecule has 0 unspecified atom stereocenters. The van der Waals surface area contributed by atoms with Gasteiger partial charge < -0.3 is 9.40 Å². The van der Waals surface area contributed by atoms with Crippen LogP contribution in [0.25, 0.3) is 56.1 Å². The highest BCUT2D eigenvalue weighted by Gasteiger charge is 2.18. The quantitative estimate of drug-likeness (QED) is 0.378. The molecule has 6 aromatic rings. The summed E-state index contributed by atoms with van der Waals surface area (Å²) in [5.74, 6) is 0.611. The van der Waals surface area contributed by atoms with E-state index in [0.29, 0.717) is 17.2 Å². The van der Waals surface area contributed by atoms with Gasteiger partial charge in [-0.2, -0.15) is 5.10 Å². The lowest BCUT2D eigenvalue weighted by atomic mass is 10.1. The van der Waals surface area contributed by atoms with Crippen molar-refractivity contribution in [3.8, 4) is 33.9 Å². The number of imidazole rings is 1. The minimum absolute atomic E-state index is 0.611. The first-order chi connectivity index (χ1) is 17.3. The molecular formula is C26H22N8O. The molecule has 0 radical (unpaired) electrons. The van der Waals surface area contributed by atoms with Crippen LogP contribution in [-0.4, -0.2) is 53.1 Å². The van der Waals surface area contributed by atoms with E-state index in [9.17, 15) is 0 Å². The molecule has 0 amide bonds. The average Bonchev–Trinajstić information content (AvgIpc) is 3.70. The number of hydrogen-bond acceptors (Lipinski definition) is 7. The summed E-state index contributed by atoms with van der Waals surface area (Å²) in [4.78, 5) is 24.5. The van der Waals surface area contributed by atoms with Crippen LogP contribution in [0.3, 0.4) is 0 Å². The van der Waals surface area contributed by atoms with Crippen LogP contribution >= 0.6 is 0 Å². The summed E-state index contributed by atoms with van der Waals surface area (Å²) in [6.45, 7) is 3.23. The number of likely N-dealkylation sites (tertiary alicyclic amines) is 1. The van der Waals surface area contributed by atoms with Gasteiger partial charge >= 0.3 is 0 Å². The smallest absolute Gasteiger partial charge is 0.162 e. The molecule has 1 saturated heterocycles. The Kier molecular flexibility index (Phi) is 4.66. The molecule has 9 nitrogen and oxygen atoms in total. The molecule has 1 fully saturated rings. The Morgan fingerprint density at radius 2 is 1.91 bits per heavy atom. The highest BCUT2D eigenvalue weighted by molar-refractivity contribution is 5.94. The van der Waals surface area contributed by atoms with Gasteiger partial charge in [0.2, 0.25) is 0 Å². The lowest BCUT2D eigenvalue weighted by Crippen LogP contribution is -2.18. The number of nitrogens with zero attached hydrogens (tertiary/aromatic N) is 6. The molecular weight excluding hydrogens is 440 g/mol. The van der Waals surface area contributed by atoms with E-state index in [-0.39, 0.29) is 0 Å². The lowest BCUT2D eigenvalue weighted by Gasteiger charge is -2.14. The van der Waals surface area contributed by atoms with Gasteiger partial charge in [0.05, 0.1) is 23.7 Å². The van der Waals surface area contributed by atoms with Crippen molar-refractivity contribution in [1.82, 2.24) is 40.0 Å². The second-order valence-corrected chi connectivity index (χ2v) is 8.88. The fraction of sp³-hybridized carbons (Fsp3) is 0.192. The van der Waals surface area contributed by atoms with E-state index < -0.39 is 0 Å². The van der Waals surface area contributed by atoms with Crippen molar-refractivity contribution in [1.29, 1.82) is 0 Å². The number of pyridine rings is 3. The number of hydrogen-bond donors (Lipinski definition) is 2. The van der Waals surface area contributed by atoms with Crippen LogP contribution in [-0.2, 0) is 6.54 Å². The van der Waals surface area contributed by atoms with E-state index in [1.54, 1.807) is 18.7 Å². The molecule has 0 atom stereocenters. The second kappa shape index (κ2) is 8.14. The Morgan fingerprint density at radius 3 is 2.80 bits per heavy atom. The largest absolute Gasteiger partial charge is 0.472 e. The van der Waals surface area contributed by atoms with Crippen LogP contribution < -0.4 is 0 Å². The maximum absolute atomic E-state index is 5.26. The van der Waals surface area contributed by atoms with E-state index in [1.165, 1.54) is 18.4 Å². The maximum atomic E-state index is 5.26. The SMILES string of the molecule is c1cc(-c2ccoc2)c2nc(-c3n[nH]c4ccc(-c5cncc(CN6CCCC6)c5)nc34)[nH]c2n1. The maximum Gasteiger partial charge on any atom is 0.162 e. The third kappa shape index (κ3) is 3.57. The molecule has 0 aromatic carbocycles. The number of aromatic nitrogens is 7. The van der Waals surface area contributed by atoms with Gasteiger partial charge in [0.15, 0.2) is 17.2 Å². The number of rotatable bonds is 5. The second-order valence-electron chi connectivity index (χ2n) is 8.88. The van der Waals surface area contributed by atoms with Crippen molar-refractivity contribution in [3.63, 3.8) is 0 Å². The first kappa shape index (κ1) is 20.0. The molecule has 0 spiro atoms. The van der Waals surface area contributed by atoms with E-state index in [4.69, 9.17) is 14.4 Å². The molecule has 7 heterocycles. The van der Waals surface area contributed by atoms with Crippen LogP contribution in [0.15, 0.2) is 65.9 Å². The highest BCUT2D eigenvalue weighted by atomic mass is 16.3. The van der Waals surface area contributed by atoms with Crippen molar-refractivity contribution < 1.29 is 4.42 Å². The van der Waals surface area contributed by atoms with Crippen LogP contribution in [0, 0.1) is 0 Å².